The zero-order valence-corrected chi connectivity index (χ0v) is 18.9. The van der Waals surface area contributed by atoms with Crippen molar-refractivity contribution in [3.05, 3.63) is 68.8 Å². The van der Waals surface area contributed by atoms with Crippen LogP contribution in [0.3, 0.4) is 0 Å². The van der Waals surface area contributed by atoms with E-state index in [4.69, 9.17) is 4.74 Å². The second-order valence-electron chi connectivity index (χ2n) is 8.16. The molecule has 2 aromatic rings. The number of benzene rings is 2. The maximum atomic E-state index is 14.7. The summed E-state index contributed by atoms with van der Waals surface area (Å²) in [5.74, 6) is 0. The average Bonchev–Trinajstić information content (AvgIpc) is 2.77. The Labute approximate surface area is 200 Å². The molecule has 196 valence electrons. The van der Waals surface area contributed by atoms with Gasteiger partial charge in [0.15, 0.2) is 0 Å². The molecule has 0 unspecified atom stereocenters. The van der Waals surface area contributed by atoms with Crippen molar-refractivity contribution in [2.75, 3.05) is 25.2 Å². The summed E-state index contributed by atoms with van der Waals surface area (Å²) in [7, 11) is 1.34. The van der Waals surface area contributed by atoms with Gasteiger partial charge in [-0.2, -0.15) is 26.3 Å². The van der Waals surface area contributed by atoms with Gasteiger partial charge in [-0.15, -0.1) is 0 Å². The van der Waals surface area contributed by atoms with Gasteiger partial charge < -0.3 is 9.64 Å². The molecule has 2 amide bonds. The van der Waals surface area contributed by atoms with Crippen LogP contribution >= 0.6 is 0 Å². The summed E-state index contributed by atoms with van der Waals surface area (Å²) in [5.41, 5.74) is -6.90. The first-order valence-corrected chi connectivity index (χ1v) is 10.4. The highest BCUT2D eigenvalue weighted by molar-refractivity contribution is 5.95. The molecule has 3 rings (SSSR count). The molecule has 0 spiro atoms. The fraction of sp³-hybridized carbons (Fsp3) is 0.409. The first-order chi connectivity index (χ1) is 16.6. The Morgan fingerprint density at radius 3 is 2.19 bits per heavy atom. The predicted molar refractivity (Wildman–Crippen MR) is 113 cm³/mol. The smallest absolute Gasteiger partial charge is 0.383 e. The van der Waals surface area contributed by atoms with Gasteiger partial charge in [-0.25, -0.2) is 9.18 Å². The number of anilines is 1. The molecule has 0 saturated heterocycles. The second kappa shape index (κ2) is 9.56. The van der Waals surface area contributed by atoms with Gasteiger partial charge in [-0.3, -0.25) is 15.0 Å². The average molecular weight is 523 g/mol. The molecule has 0 atom stereocenters. The van der Waals surface area contributed by atoms with E-state index in [1.165, 1.54) is 32.2 Å². The van der Waals surface area contributed by atoms with E-state index in [0.29, 0.717) is 17.7 Å². The van der Waals surface area contributed by atoms with Crippen molar-refractivity contribution in [1.29, 1.82) is 0 Å². The fourth-order valence-corrected chi connectivity index (χ4v) is 3.96. The molecular formula is C22H20F7N3O4. The van der Waals surface area contributed by atoms with Crippen LogP contribution in [0.1, 0.15) is 22.3 Å². The number of methoxy groups -OCH3 is 1. The molecule has 7 nitrogen and oxygen atoms in total. The molecule has 0 N–H and O–H groups in total. The van der Waals surface area contributed by atoms with Crippen LogP contribution in [-0.4, -0.2) is 48.5 Å². The number of rotatable bonds is 7. The number of carbonyl (C=O) groups excluding carboxylic acids is 1. The number of aryl methyl sites for hydroxylation is 1. The van der Waals surface area contributed by atoms with E-state index in [0.717, 1.165) is 15.9 Å². The first kappa shape index (κ1) is 27.2. The maximum absolute atomic E-state index is 14.7. The maximum Gasteiger partial charge on any atom is 0.435 e. The number of nitro groups is 1. The third-order valence-electron chi connectivity index (χ3n) is 5.78. The minimum atomic E-state index is -6.28. The summed E-state index contributed by atoms with van der Waals surface area (Å²) in [6.07, 6.45) is -12.6. The third-order valence-corrected chi connectivity index (χ3v) is 5.78. The summed E-state index contributed by atoms with van der Waals surface area (Å²) in [6.45, 7) is 0.858. The minimum Gasteiger partial charge on any atom is -0.383 e. The number of fused-ring (bicyclic) bond motifs is 1. The predicted octanol–water partition coefficient (Wildman–Crippen LogP) is 5.78. The highest BCUT2D eigenvalue weighted by atomic mass is 19.4. The van der Waals surface area contributed by atoms with Gasteiger partial charge in [0.2, 0.25) is 0 Å². The first-order valence-electron chi connectivity index (χ1n) is 10.4. The van der Waals surface area contributed by atoms with Crippen LogP contribution in [-0.2, 0) is 23.5 Å². The molecule has 14 heteroatoms. The Morgan fingerprint density at radius 1 is 1.03 bits per heavy atom. The molecule has 1 aliphatic heterocycles. The second-order valence-corrected chi connectivity index (χ2v) is 8.16. The Kier molecular flexibility index (Phi) is 7.22. The number of amides is 2. The van der Waals surface area contributed by atoms with Crippen molar-refractivity contribution in [2.45, 2.75) is 38.0 Å². The molecule has 36 heavy (non-hydrogen) atoms. The van der Waals surface area contributed by atoms with Gasteiger partial charge in [0, 0.05) is 37.4 Å². The number of alkyl halides is 7. The number of hydrogen-bond acceptors (Lipinski definition) is 4. The molecule has 0 aromatic heterocycles. The fourth-order valence-electron chi connectivity index (χ4n) is 3.96. The SMILES string of the molecule is COCCN1Cc2cc(C(F)(C(F)(F)F)C(F)(F)F)ccc2N(Cc2ccc([N+](=O)[O-])c(C)c2)C1=O. The lowest BCUT2D eigenvalue weighted by atomic mass is 9.91. The molecule has 1 aliphatic rings. The normalized spacial score (nSPS) is 14.8. The third kappa shape index (κ3) is 4.81. The highest BCUT2D eigenvalue weighted by Crippen LogP contribution is 2.53. The van der Waals surface area contributed by atoms with Crippen molar-refractivity contribution in [1.82, 2.24) is 4.90 Å². The molecule has 0 fully saturated rings. The zero-order chi connectivity index (χ0) is 27.1. The lowest BCUT2D eigenvalue weighted by Crippen LogP contribution is -2.51. The van der Waals surface area contributed by atoms with E-state index in [1.807, 2.05) is 0 Å². The molecule has 0 bridgehead atoms. The van der Waals surface area contributed by atoms with Crippen LogP contribution in [0, 0.1) is 17.0 Å². The van der Waals surface area contributed by atoms with Crippen molar-refractivity contribution >= 4 is 17.4 Å². The Hall–Kier alpha value is -3.42. The van der Waals surface area contributed by atoms with E-state index >= 15 is 0 Å². The summed E-state index contributed by atoms with van der Waals surface area (Å²) in [6, 6.07) is 5.05. The van der Waals surface area contributed by atoms with E-state index in [9.17, 15) is 45.6 Å². The monoisotopic (exact) mass is 523 g/mol. The van der Waals surface area contributed by atoms with Crippen molar-refractivity contribution in [3.8, 4) is 0 Å². The highest BCUT2D eigenvalue weighted by Gasteiger charge is 2.73. The summed E-state index contributed by atoms with van der Waals surface area (Å²) in [4.78, 5) is 25.8. The van der Waals surface area contributed by atoms with Gasteiger partial charge in [-0.05, 0) is 36.2 Å². The number of urea groups is 1. The van der Waals surface area contributed by atoms with Crippen LogP contribution in [0.25, 0.3) is 0 Å². The number of hydrogen-bond donors (Lipinski definition) is 0. The standard InChI is InChI=1S/C22H20F7N3O4/c1-13-9-14(3-5-17(13)32(34)35)11-31-18-6-4-16(20(23,21(24,25)26)22(27,28)29)10-15(18)12-30(19(31)33)7-8-36-2/h3-6,9-10H,7-8,11-12H2,1-2H3. The largest absolute Gasteiger partial charge is 0.435 e. The molecule has 1 heterocycles. The summed E-state index contributed by atoms with van der Waals surface area (Å²) in [5, 5.41) is 11.1. The van der Waals surface area contributed by atoms with Crippen LogP contribution in [0.4, 0.5) is 46.9 Å². The van der Waals surface area contributed by atoms with Crippen molar-refractivity contribution < 1.29 is 45.2 Å². The van der Waals surface area contributed by atoms with Crippen molar-refractivity contribution in [2.24, 2.45) is 0 Å². The van der Waals surface area contributed by atoms with Gasteiger partial charge >= 0.3 is 24.1 Å². The molecule has 0 aliphatic carbocycles. The van der Waals surface area contributed by atoms with Crippen LogP contribution in [0.15, 0.2) is 36.4 Å². The molecule has 2 aromatic carbocycles. The molecule has 0 radical (unpaired) electrons. The Bertz CT molecular complexity index is 1150. The number of carbonyl (C=O) groups is 1. The van der Waals surface area contributed by atoms with Crippen LogP contribution < -0.4 is 4.90 Å². The van der Waals surface area contributed by atoms with Crippen LogP contribution in [0.5, 0.6) is 0 Å². The van der Waals surface area contributed by atoms with E-state index in [1.54, 1.807) is 0 Å². The summed E-state index contributed by atoms with van der Waals surface area (Å²) < 4.78 is 99.3. The van der Waals surface area contributed by atoms with Crippen LogP contribution in [0.2, 0.25) is 0 Å². The van der Waals surface area contributed by atoms with Gasteiger partial charge in [0.05, 0.1) is 23.8 Å². The van der Waals surface area contributed by atoms with Gasteiger partial charge in [0.25, 0.3) is 5.69 Å². The lowest BCUT2D eigenvalue weighted by Gasteiger charge is -2.38. The minimum absolute atomic E-state index is 0.0138. The van der Waals surface area contributed by atoms with E-state index < -0.39 is 34.5 Å². The number of halogens is 7. The summed E-state index contributed by atoms with van der Waals surface area (Å²) >= 11 is 0. The number of nitrogens with zero attached hydrogens (tertiary/aromatic N) is 3. The molecule has 0 saturated carbocycles. The lowest BCUT2D eigenvalue weighted by molar-refractivity contribution is -0.385. The number of nitro benzene ring substituents is 1. The Balaban J connectivity index is 2.10. The van der Waals surface area contributed by atoms with Gasteiger partial charge in [-0.1, -0.05) is 12.1 Å². The van der Waals surface area contributed by atoms with Gasteiger partial charge in [0.1, 0.15) is 0 Å². The zero-order valence-electron chi connectivity index (χ0n) is 18.9. The van der Waals surface area contributed by atoms with Crippen molar-refractivity contribution in [3.63, 3.8) is 0 Å². The Morgan fingerprint density at radius 2 is 1.67 bits per heavy atom. The topological polar surface area (TPSA) is 75.9 Å². The number of ether oxygens (including phenoxy) is 1. The molecular weight excluding hydrogens is 503 g/mol. The quantitative estimate of drug-likeness (QED) is 0.262. The van der Waals surface area contributed by atoms with E-state index in [2.05, 4.69) is 0 Å². The van der Waals surface area contributed by atoms with E-state index in [-0.39, 0.29) is 48.7 Å².